The molecule has 0 bridgehead atoms. The van der Waals surface area contributed by atoms with Gasteiger partial charge in [0.1, 0.15) is 6.04 Å². The number of rotatable bonds is 12. The Bertz CT molecular complexity index is 1670. The van der Waals surface area contributed by atoms with Gasteiger partial charge in [-0.05, 0) is 90.5 Å². The van der Waals surface area contributed by atoms with Crippen molar-refractivity contribution in [2.24, 2.45) is 0 Å². The lowest BCUT2D eigenvalue weighted by Crippen LogP contribution is -2.31. The molecule has 1 aliphatic heterocycles. The summed E-state index contributed by atoms with van der Waals surface area (Å²) in [5, 5.41) is 12.0. The Morgan fingerprint density at radius 2 is 1.86 bits per heavy atom. The number of amides is 1. The minimum atomic E-state index is -0.561. The van der Waals surface area contributed by atoms with Gasteiger partial charge in [-0.25, -0.2) is 4.68 Å². The molecule has 1 aromatic heterocycles. The first-order chi connectivity index (χ1) is 21.3. The maximum Gasteiger partial charge on any atom is 0.255 e. The van der Waals surface area contributed by atoms with E-state index in [0.29, 0.717) is 47.1 Å². The van der Waals surface area contributed by atoms with Gasteiger partial charge in [0, 0.05) is 23.6 Å². The van der Waals surface area contributed by atoms with Crippen LogP contribution >= 0.6 is 27.7 Å². The molecule has 5 rings (SSSR count). The zero-order chi connectivity index (χ0) is 31.2. The number of benzene rings is 3. The molecule has 2 heterocycles. The molecule has 10 heteroatoms. The molecule has 44 heavy (non-hydrogen) atoms. The Morgan fingerprint density at radius 3 is 2.61 bits per heavy atom. The summed E-state index contributed by atoms with van der Waals surface area (Å²) < 4.78 is 14.9. The molecule has 0 saturated carbocycles. The third-order valence-electron chi connectivity index (χ3n) is 7.49. The first-order valence-electron chi connectivity index (χ1n) is 14.9. The Balaban J connectivity index is 1.54. The minimum Gasteiger partial charge on any atom is -0.490 e. The van der Waals surface area contributed by atoms with E-state index in [4.69, 9.17) is 19.6 Å². The molecule has 0 saturated heterocycles. The molecular formula is C34H38BrN5O3S. The van der Waals surface area contributed by atoms with Crippen LogP contribution in [0.3, 0.4) is 0 Å². The van der Waals surface area contributed by atoms with E-state index < -0.39 is 6.04 Å². The number of carbonyl (C=O) groups excluding carboxylic acids is 1. The number of nitrogens with one attached hydrogen (secondary N) is 2. The average molecular weight is 677 g/mol. The number of carbonyl (C=O) groups is 1. The maximum atomic E-state index is 14.1. The Morgan fingerprint density at radius 1 is 1.07 bits per heavy atom. The highest BCUT2D eigenvalue weighted by molar-refractivity contribution is 9.10. The number of anilines is 2. The van der Waals surface area contributed by atoms with Crippen molar-refractivity contribution < 1.29 is 14.3 Å². The number of nitrogens with zero attached hydrogens (tertiary/aromatic N) is 3. The number of ether oxygens (including phenoxy) is 2. The standard InChI is InChI=1S/C34H38BrN5O3S/c1-6-18-44-34-38-33-36-23(5)29(32(41)37-27-15-11-12-21(3)22(27)4)30(40(33)39-34)25-19-26(35)31(28(20-25)42-7-2)43-17-16-24-13-9-8-10-14-24/h8-15,19-20,30H,6-7,16-18H2,1-5H3,(H,37,41)(H,36,38,39). The van der Waals surface area contributed by atoms with Crippen molar-refractivity contribution in [3.8, 4) is 11.5 Å². The normalized spacial score (nSPS) is 14.2. The second-order valence-corrected chi connectivity index (χ2v) is 12.5. The highest BCUT2D eigenvalue weighted by Crippen LogP contribution is 2.43. The molecule has 0 spiro atoms. The highest BCUT2D eigenvalue weighted by Gasteiger charge is 2.35. The summed E-state index contributed by atoms with van der Waals surface area (Å²) in [6.07, 6.45) is 1.77. The van der Waals surface area contributed by atoms with E-state index in [-0.39, 0.29) is 5.91 Å². The van der Waals surface area contributed by atoms with Gasteiger partial charge >= 0.3 is 0 Å². The van der Waals surface area contributed by atoms with Crippen LogP contribution in [0.2, 0.25) is 0 Å². The Labute approximate surface area is 271 Å². The SMILES string of the molecule is CCCSc1nc2n(n1)C(c1cc(Br)c(OCCc3ccccc3)c(OCC)c1)C(C(=O)Nc1cccc(C)c1C)=C(C)N2. The molecule has 0 radical (unpaired) electrons. The van der Waals surface area contributed by atoms with Crippen LogP contribution in [0.1, 0.15) is 55.5 Å². The largest absolute Gasteiger partial charge is 0.490 e. The number of allylic oxidation sites excluding steroid dienone is 1. The third kappa shape index (κ3) is 6.97. The maximum absolute atomic E-state index is 14.1. The summed E-state index contributed by atoms with van der Waals surface area (Å²) in [5.74, 6) is 2.50. The van der Waals surface area contributed by atoms with Gasteiger partial charge in [0.15, 0.2) is 11.5 Å². The van der Waals surface area contributed by atoms with Crippen LogP contribution in [0.5, 0.6) is 11.5 Å². The summed E-state index contributed by atoms with van der Waals surface area (Å²) in [5.41, 5.74) is 6.18. The molecule has 230 valence electrons. The molecule has 3 aromatic carbocycles. The molecule has 0 fully saturated rings. The van der Waals surface area contributed by atoms with Gasteiger partial charge in [-0.15, -0.1) is 5.10 Å². The van der Waals surface area contributed by atoms with Crippen molar-refractivity contribution >= 4 is 45.2 Å². The fourth-order valence-corrected chi connectivity index (χ4v) is 6.39. The van der Waals surface area contributed by atoms with Crippen LogP contribution in [0, 0.1) is 13.8 Å². The number of halogens is 1. The van der Waals surface area contributed by atoms with Crippen LogP contribution in [0.15, 0.2) is 81.6 Å². The van der Waals surface area contributed by atoms with Gasteiger partial charge < -0.3 is 20.1 Å². The molecule has 0 aliphatic carbocycles. The second kappa shape index (κ2) is 14.3. The summed E-state index contributed by atoms with van der Waals surface area (Å²) in [7, 11) is 0. The van der Waals surface area contributed by atoms with Crippen molar-refractivity contribution in [3.05, 3.63) is 98.7 Å². The number of aromatic nitrogens is 3. The van der Waals surface area contributed by atoms with Crippen molar-refractivity contribution in [3.63, 3.8) is 0 Å². The number of fused-ring (bicyclic) bond motifs is 1. The molecule has 4 aromatic rings. The Kier molecular flexibility index (Phi) is 10.3. The van der Waals surface area contributed by atoms with Gasteiger partial charge in [0.2, 0.25) is 11.1 Å². The highest BCUT2D eigenvalue weighted by atomic mass is 79.9. The average Bonchev–Trinajstić information content (AvgIpc) is 3.41. The lowest BCUT2D eigenvalue weighted by atomic mass is 9.94. The first kappa shape index (κ1) is 31.7. The van der Waals surface area contributed by atoms with Gasteiger partial charge in [-0.1, -0.05) is 61.2 Å². The molecule has 2 N–H and O–H groups in total. The van der Waals surface area contributed by atoms with Crippen molar-refractivity contribution in [1.82, 2.24) is 14.8 Å². The van der Waals surface area contributed by atoms with Crippen LogP contribution in [0.4, 0.5) is 11.6 Å². The summed E-state index contributed by atoms with van der Waals surface area (Å²) in [6.45, 7) is 11.0. The fourth-order valence-electron chi connectivity index (χ4n) is 5.13. The molecule has 8 nitrogen and oxygen atoms in total. The van der Waals surface area contributed by atoms with Gasteiger partial charge in [-0.2, -0.15) is 4.98 Å². The number of hydrogen-bond donors (Lipinski definition) is 2. The zero-order valence-corrected chi connectivity index (χ0v) is 28.1. The zero-order valence-electron chi connectivity index (χ0n) is 25.7. The quantitative estimate of drug-likeness (QED) is 0.147. The molecular weight excluding hydrogens is 638 g/mol. The lowest BCUT2D eigenvalue weighted by Gasteiger charge is -2.29. The van der Waals surface area contributed by atoms with E-state index in [1.54, 1.807) is 16.4 Å². The van der Waals surface area contributed by atoms with Crippen LogP contribution in [-0.4, -0.2) is 39.6 Å². The number of aryl methyl sites for hydroxylation is 1. The fraction of sp³-hybridized carbons (Fsp3) is 0.324. The van der Waals surface area contributed by atoms with Crippen LogP contribution in [0.25, 0.3) is 0 Å². The predicted molar refractivity (Wildman–Crippen MR) is 181 cm³/mol. The van der Waals surface area contributed by atoms with Gasteiger partial charge in [-0.3, -0.25) is 4.79 Å². The van der Waals surface area contributed by atoms with Crippen LogP contribution < -0.4 is 20.1 Å². The van der Waals surface area contributed by atoms with Crippen molar-refractivity contribution in [2.45, 2.75) is 58.7 Å². The second-order valence-electron chi connectivity index (χ2n) is 10.6. The van der Waals surface area contributed by atoms with Crippen LogP contribution in [-0.2, 0) is 11.2 Å². The predicted octanol–water partition coefficient (Wildman–Crippen LogP) is 8.11. The van der Waals surface area contributed by atoms with E-state index >= 15 is 0 Å². The molecule has 1 atom stereocenters. The summed E-state index contributed by atoms with van der Waals surface area (Å²) in [4.78, 5) is 18.9. The van der Waals surface area contributed by atoms with E-state index in [0.717, 1.165) is 45.4 Å². The van der Waals surface area contributed by atoms with E-state index in [1.165, 1.54) is 5.56 Å². The Hall–Kier alpha value is -3.76. The van der Waals surface area contributed by atoms with E-state index in [9.17, 15) is 4.79 Å². The first-order valence-corrected chi connectivity index (χ1v) is 16.7. The van der Waals surface area contributed by atoms with E-state index in [2.05, 4.69) is 45.6 Å². The van der Waals surface area contributed by atoms with Crippen molar-refractivity contribution in [1.29, 1.82) is 0 Å². The molecule has 1 aliphatic rings. The monoisotopic (exact) mass is 675 g/mol. The topological polar surface area (TPSA) is 90.3 Å². The number of thioether (sulfide) groups is 1. The van der Waals surface area contributed by atoms with Gasteiger partial charge in [0.25, 0.3) is 5.91 Å². The third-order valence-corrected chi connectivity index (χ3v) is 9.13. The molecule has 1 amide bonds. The molecule has 1 unspecified atom stereocenters. The van der Waals surface area contributed by atoms with E-state index in [1.807, 2.05) is 76.2 Å². The summed E-state index contributed by atoms with van der Waals surface area (Å²) >= 11 is 5.35. The number of hydrogen-bond acceptors (Lipinski definition) is 7. The minimum absolute atomic E-state index is 0.213. The van der Waals surface area contributed by atoms with Crippen molar-refractivity contribution in [2.75, 3.05) is 29.6 Å². The summed E-state index contributed by atoms with van der Waals surface area (Å²) in [6, 6.07) is 19.5. The smallest absolute Gasteiger partial charge is 0.255 e. The lowest BCUT2D eigenvalue weighted by molar-refractivity contribution is -0.113. The van der Waals surface area contributed by atoms with Gasteiger partial charge in [0.05, 0.1) is 23.3 Å².